The summed E-state index contributed by atoms with van der Waals surface area (Å²) in [5.74, 6) is -0.383. The van der Waals surface area contributed by atoms with E-state index in [4.69, 9.17) is 5.26 Å². The lowest BCUT2D eigenvalue weighted by atomic mass is 9.83. The number of carbonyl (C=O) groups is 2. The maximum atomic E-state index is 12.4. The number of nitrogens with one attached hydrogen (secondary N) is 2. The largest absolute Gasteiger partial charge is 0.322 e. The number of benzene rings is 2. The molecular formula is C17H13N3O2. The normalized spacial score (nSPS) is 20.1. The van der Waals surface area contributed by atoms with Crippen molar-refractivity contribution in [3.05, 3.63) is 71.3 Å². The summed E-state index contributed by atoms with van der Waals surface area (Å²) in [5, 5.41) is 13.9. The average Bonchev–Trinajstić information content (AvgIpc) is 2.83. The second-order valence-electron chi connectivity index (χ2n) is 5.17. The van der Waals surface area contributed by atoms with Crippen LogP contribution < -0.4 is 10.6 Å². The van der Waals surface area contributed by atoms with Crippen LogP contribution in [0.3, 0.4) is 0 Å². The van der Waals surface area contributed by atoms with Crippen LogP contribution in [0.15, 0.2) is 54.6 Å². The Morgan fingerprint density at radius 3 is 2.23 bits per heavy atom. The Morgan fingerprint density at radius 1 is 1.00 bits per heavy atom. The molecule has 0 aliphatic carbocycles. The van der Waals surface area contributed by atoms with Gasteiger partial charge in [-0.25, -0.2) is 4.79 Å². The van der Waals surface area contributed by atoms with Crippen molar-refractivity contribution in [1.82, 2.24) is 10.6 Å². The van der Waals surface area contributed by atoms with Crippen molar-refractivity contribution in [3.8, 4) is 6.07 Å². The molecule has 1 atom stereocenters. The fraction of sp³-hybridized carbons (Fsp3) is 0.118. The summed E-state index contributed by atoms with van der Waals surface area (Å²) in [5.41, 5.74) is 0.943. The Kier molecular flexibility index (Phi) is 3.36. The van der Waals surface area contributed by atoms with Crippen molar-refractivity contribution >= 4 is 11.9 Å². The third kappa shape index (κ3) is 2.31. The molecule has 1 aliphatic heterocycles. The van der Waals surface area contributed by atoms with Crippen molar-refractivity contribution in [1.29, 1.82) is 5.26 Å². The first-order valence-corrected chi connectivity index (χ1v) is 6.82. The zero-order valence-corrected chi connectivity index (χ0v) is 11.7. The van der Waals surface area contributed by atoms with Gasteiger partial charge in [-0.3, -0.25) is 10.1 Å². The fourth-order valence-electron chi connectivity index (χ4n) is 2.65. The number of nitrogens with zero attached hydrogens (tertiary/aromatic N) is 1. The van der Waals surface area contributed by atoms with Crippen LogP contribution in [0.2, 0.25) is 0 Å². The number of urea groups is 1. The minimum Gasteiger partial charge on any atom is -0.319 e. The molecule has 5 nitrogen and oxygen atoms in total. The summed E-state index contributed by atoms with van der Waals surface area (Å²) in [6.45, 7) is 0. The highest BCUT2D eigenvalue weighted by atomic mass is 16.2. The molecule has 2 aromatic rings. The van der Waals surface area contributed by atoms with Gasteiger partial charge in [0.2, 0.25) is 0 Å². The lowest BCUT2D eigenvalue weighted by molar-refractivity contribution is -0.124. The van der Waals surface area contributed by atoms with Gasteiger partial charge in [0.25, 0.3) is 5.91 Å². The van der Waals surface area contributed by atoms with Crippen molar-refractivity contribution in [3.63, 3.8) is 0 Å². The van der Waals surface area contributed by atoms with E-state index < -0.39 is 11.6 Å². The maximum Gasteiger partial charge on any atom is 0.322 e. The van der Waals surface area contributed by atoms with Crippen molar-refractivity contribution < 1.29 is 9.59 Å². The van der Waals surface area contributed by atoms with Gasteiger partial charge < -0.3 is 5.32 Å². The van der Waals surface area contributed by atoms with Gasteiger partial charge in [0.05, 0.1) is 11.6 Å². The molecule has 3 rings (SSSR count). The van der Waals surface area contributed by atoms with E-state index in [0.29, 0.717) is 17.5 Å². The molecule has 0 saturated carbocycles. The van der Waals surface area contributed by atoms with E-state index in [1.54, 1.807) is 24.3 Å². The molecule has 1 saturated heterocycles. The average molecular weight is 291 g/mol. The molecule has 3 amide bonds. The van der Waals surface area contributed by atoms with Gasteiger partial charge in [-0.2, -0.15) is 5.26 Å². The Bertz CT molecular complexity index is 763. The minimum atomic E-state index is -1.15. The third-order valence-corrected chi connectivity index (χ3v) is 3.76. The Hall–Kier alpha value is -3.13. The lowest BCUT2D eigenvalue weighted by Gasteiger charge is -2.26. The second-order valence-corrected chi connectivity index (χ2v) is 5.17. The molecule has 0 bridgehead atoms. The molecule has 1 unspecified atom stereocenters. The van der Waals surface area contributed by atoms with Gasteiger partial charge in [0.15, 0.2) is 5.54 Å². The highest BCUT2D eigenvalue weighted by Gasteiger charge is 2.47. The van der Waals surface area contributed by atoms with Gasteiger partial charge in [-0.05, 0) is 23.3 Å². The number of hydrogen-bond donors (Lipinski definition) is 2. The smallest absolute Gasteiger partial charge is 0.319 e. The van der Waals surface area contributed by atoms with Crippen molar-refractivity contribution in [2.24, 2.45) is 0 Å². The van der Waals surface area contributed by atoms with Crippen LogP contribution in [-0.2, 0) is 16.8 Å². The molecule has 1 aliphatic rings. The first-order valence-electron chi connectivity index (χ1n) is 6.82. The van der Waals surface area contributed by atoms with Crippen LogP contribution in [-0.4, -0.2) is 11.9 Å². The van der Waals surface area contributed by atoms with Crippen molar-refractivity contribution in [2.45, 2.75) is 12.0 Å². The SMILES string of the molecule is N#Cc1ccc(C2(Cc3ccccc3)NC(=O)NC2=O)cc1. The third-order valence-electron chi connectivity index (χ3n) is 3.76. The van der Waals surface area contributed by atoms with E-state index >= 15 is 0 Å². The second kappa shape index (κ2) is 5.34. The van der Waals surface area contributed by atoms with E-state index in [-0.39, 0.29) is 5.91 Å². The van der Waals surface area contributed by atoms with Crippen LogP contribution in [0.1, 0.15) is 16.7 Å². The van der Waals surface area contributed by atoms with E-state index in [9.17, 15) is 9.59 Å². The van der Waals surface area contributed by atoms with E-state index in [0.717, 1.165) is 5.56 Å². The summed E-state index contributed by atoms with van der Waals surface area (Å²) < 4.78 is 0. The zero-order valence-electron chi connectivity index (χ0n) is 11.7. The highest BCUT2D eigenvalue weighted by molar-refractivity contribution is 6.07. The molecule has 2 aromatic carbocycles. The van der Waals surface area contributed by atoms with Crippen LogP contribution >= 0.6 is 0 Å². The first kappa shape index (κ1) is 13.8. The molecular weight excluding hydrogens is 278 g/mol. The molecule has 1 heterocycles. The summed E-state index contributed by atoms with van der Waals surface area (Å²) in [6.07, 6.45) is 0.345. The predicted molar refractivity (Wildman–Crippen MR) is 79.7 cm³/mol. The molecule has 0 spiro atoms. The van der Waals surface area contributed by atoms with E-state index in [1.807, 2.05) is 36.4 Å². The molecule has 2 N–H and O–H groups in total. The van der Waals surface area contributed by atoms with Gasteiger partial charge in [-0.15, -0.1) is 0 Å². The predicted octanol–water partition coefficient (Wildman–Crippen LogP) is 1.84. The minimum absolute atomic E-state index is 0.345. The quantitative estimate of drug-likeness (QED) is 0.846. The monoisotopic (exact) mass is 291 g/mol. The van der Waals surface area contributed by atoms with Crippen LogP contribution in [0.5, 0.6) is 0 Å². The fourth-order valence-corrected chi connectivity index (χ4v) is 2.65. The number of carbonyl (C=O) groups excluding carboxylic acids is 2. The van der Waals surface area contributed by atoms with Crippen molar-refractivity contribution in [2.75, 3.05) is 0 Å². The highest BCUT2D eigenvalue weighted by Crippen LogP contribution is 2.29. The summed E-state index contributed by atoms with van der Waals surface area (Å²) in [4.78, 5) is 24.1. The molecule has 1 fully saturated rings. The zero-order chi connectivity index (χ0) is 15.6. The number of hydrogen-bond acceptors (Lipinski definition) is 3. The Labute approximate surface area is 127 Å². The number of amides is 3. The van der Waals surface area contributed by atoms with Crippen LogP contribution in [0.4, 0.5) is 4.79 Å². The van der Waals surface area contributed by atoms with Gasteiger partial charge in [-0.1, -0.05) is 42.5 Å². The van der Waals surface area contributed by atoms with Gasteiger partial charge in [0, 0.05) is 6.42 Å². The number of nitriles is 1. The van der Waals surface area contributed by atoms with E-state index in [1.165, 1.54) is 0 Å². The lowest BCUT2D eigenvalue weighted by Crippen LogP contribution is -2.45. The first-order chi connectivity index (χ1) is 10.6. The Morgan fingerprint density at radius 2 is 1.68 bits per heavy atom. The molecule has 5 heteroatoms. The number of imide groups is 1. The van der Waals surface area contributed by atoms with Gasteiger partial charge >= 0.3 is 6.03 Å². The summed E-state index contributed by atoms with van der Waals surface area (Å²) >= 11 is 0. The molecule has 22 heavy (non-hydrogen) atoms. The van der Waals surface area contributed by atoms with Crippen LogP contribution in [0.25, 0.3) is 0 Å². The number of rotatable bonds is 3. The van der Waals surface area contributed by atoms with Crippen LogP contribution in [0, 0.1) is 11.3 Å². The standard InChI is InChI=1S/C17H13N3O2/c18-11-13-6-8-14(9-7-13)17(15(21)19-16(22)20-17)10-12-4-2-1-3-5-12/h1-9H,10H2,(H2,19,20,21,22). The van der Waals surface area contributed by atoms with Gasteiger partial charge in [0.1, 0.15) is 0 Å². The molecule has 108 valence electrons. The topological polar surface area (TPSA) is 82.0 Å². The molecule has 0 aromatic heterocycles. The van der Waals surface area contributed by atoms with E-state index in [2.05, 4.69) is 10.6 Å². The Balaban J connectivity index is 2.05. The molecule has 0 radical (unpaired) electrons. The maximum absolute atomic E-state index is 12.4. The summed E-state index contributed by atoms with van der Waals surface area (Å²) in [7, 11) is 0. The summed E-state index contributed by atoms with van der Waals surface area (Å²) in [6, 6.07) is 17.7.